The van der Waals surface area contributed by atoms with Crippen LogP contribution in [0.25, 0.3) is 33.3 Å². The number of benzene rings is 1. The zero-order valence-electron chi connectivity index (χ0n) is 17.6. The topological polar surface area (TPSA) is 97.0 Å². The van der Waals surface area contributed by atoms with Crippen molar-refractivity contribution in [3.63, 3.8) is 0 Å². The van der Waals surface area contributed by atoms with Gasteiger partial charge in [0.2, 0.25) is 0 Å². The molecule has 5 aromatic rings. The number of nitrogens with one attached hydrogen (secondary N) is 2. The van der Waals surface area contributed by atoms with Crippen molar-refractivity contribution in [1.29, 1.82) is 0 Å². The minimum Gasteiger partial charge on any atom is -0.466 e. The van der Waals surface area contributed by atoms with E-state index < -0.39 is 0 Å². The molecule has 156 valence electrons. The summed E-state index contributed by atoms with van der Waals surface area (Å²) in [4.78, 5) is 21.0. The Hall–Kier alpha value is -3.87. The molecular formula is C24H22N4O3. The van der Waals surface area contributed by atoms with E-state index in [1.165, 1.54) is 10.9 Å². The number of pyridine rings is 1. The number of hydrogen-bond donors (Lipinski definition) is 2. The summed E-state index contributed by atoms with van der Waals surface area (Å²) in [6, 6.07) is 11.8. The third kappa shape index (κ3) is 3.38. The molecule has 1 amide bonds. The molecular weight excluding hydrogens is 392 g/mol. The molecule has 0 spiro atoms. The Bertz CT molecular complexity index is 1420. The first-order chi connectivity index (χ1) is 15.0. The third-order valence-electron chi connectivity index (χ3n) is 5.53. The molecule has 1 aromatic carbocycles. The first kappa shape index (κ1) is 19.1. The standard InChI is InChI=1S/C24H22N4O3/c1-13-10-18(15(3)30-13)21-11-19(22-14(2)28-31-24(22)27-21)23(29)25-9-8-16-12-26-20-7-5-4-6-17(16)20/h4-7,10-12,26H,8-9H2,1-3H3,(H,25,29). The number of amides is 1. The number of para-hydroxylation sites is 1. The Balaban J connectivity index is 1.43. The minimum atomic E-state index is -0.183. The monoisotopic (exact) mass is 414 g/mol. The lowest BCUT2D eigenvalue weighted by atomic mass is 10.1. The smallest absolute Gasteiger partial charge is 0.259 e. The number of aromatic nitrogens is 3. The molecule has 4 heterocycles. The summed E-state index contributed by atoms with van der Waals surface area (Å²) in [5.74, 6) is 1.34. The average Bonchev–Trinajstić information content (AvgIpc) is 3.44. The maximum atomic E-state index is 13.1. The summed E-state index contributed by atoms with van der Waals surface area (Å²) in [7, 11) is 0. The van der Waals surface area contributed by atoms with Crippen molar-refractivity contribution in [1.82, 2.24) is 20.4 Å². The summed E-state index contributed by atoms with van der Waals surface area (Å²) < 4.78 is 11.0. The van der Waals surface area contributed by atoms with E-state index in [0.717, 1.165) is 29.0 Å². The van der Waals surface area contributed by atoms with Crippen LogP contribution in [-0.2, 0) is 6.42 Å². The molecule has 0 bridgehead atoms. The van der Waals surface area contributed by atoms with Gasteiger partial charge in [-0.3, -0.25) is 4.79 Å². The van der Waals surface area contributed by atoms with E-state index in [4.69, 9.17) is 8.94 Å². The second-order valence-electron chi connectivity index (χ2n) is 7.70. The minimum absolute atomic E-state index is 0.183. The van der Waals surface area contributed by atoms with Crippen LogP contribution in [0.1, 0.15) is 33.1 Å². The van der Waals surface area contributed by atoms with Crippen molar-refractivity contribution in [3.05, 3.63) is 70.9 Å². The fourth-order valence-electron chi connectivity index (χ4n) is 4.04. The molecule has 0 fully saturated rings. The van der Waals surface area contributed by atoms with Gasteiger partial charge >= 0.3 is 0 Å². The van der Waals surface area contributed by atoms with Gasteiger partial charge in [0.1, 0.15) is 11.5 Å². The van der Waals surface area contributed by atoms with Gasteiger partial charge in [0, 0.05) is 29.2 Å². The predicted octanol–water partition coefficient (Wildman–Crippen LogP) is 4.86. The van der Waals surface area contributed by atoms with Crippen LogP contribution in [0.4, 0.5) is 0 Å². The molecule has 0 aliphatic heterocycles. The normalized spacial score (nSPS) is 11.5. The molecule has 31 heavy (non-hydrogen) atoms. The molecule has 0 aliphatic carbocycles. The Kier molecular flexibility index (Phi) is 4.58. The lowest BCUT2D eigenvalue weighted by Crippen LogP contribution is -2.26. The zero-order valence-corrected chi connectivity index (χ0v) is 17.6. The van der Waals surface area contributed by atoms with Gasteiger partial charge in [-0.25, -0.2) is 4.98 Å². The van der Waals surface area contributed by atoms with Crippen LogP contribution in [0.3, 0.4) is 0 Å². The summed E-state index contributed by atoms with van der Waals surface area (Å²) in [5.41, 5.74) is 5.19. The largest absolute Gasteiger partial charge is 0.466 e. The Morgan fingerprint density at radius 1 is 1.16 bits per heavy atom. The van der Waals surface area contributed by atoms with Gasteiger partial charge in [-0.1, -0.05) is 23.4 Å². The number of hydrogen-bond acceptors (Lipinski definition) is 5. The highest BCUT2D eigenvalue weighted by Gasteiger charge is 2.21. The molecule has 0 atom stereocenters. The fraction of sp³-hybridized carbons (Fsp3) is 0.208. The molecule has 4 aromatic heterocycles. The van der Waals surface area contributed by atoms with Gasteiger partial charge in [-0.2, -0.15) is 0 Å². The Morgan fingerprint density at radius 2 is 2.00 bits per heavy atom. The van der Waals surface area contributed by atoms with Gasteiger partial charge in [0.25, 0.3) is 11.6 Å². The van der Waals surface area contributed by atoms with Crippen LogP contribution >= 0.6 is 0 Å². The summed E-state index contributed by atoms with van der Waals surface area (Å²) in [5, 5.41) is 8.85. The first-order valence-corrected chi connectivity index (χ1v) is 10.2. The molecule has 5 rings (SSSR count). The molecule has 0 aliphatic rings. The van der Waals surface area contributed by atoms with Crippen LogP contribution in [-0.4, -0.2) is 27.6 Å². The highest BCUT2D eigenvalue weighted by atomic mass is 16.5. The first-order valence-electron chi connectivity index (χ1n) is 10.2. The highest BCUT2D eigenvalue weighted by molar-refractivity contribution is 6.07. The van der Waals surface area contributed by atoms with E-state index in [1.807, 2.05) is 51.2 Å². The lowest BCUT2D eigenvalue weighted by molar-refractivity contribution is 0.0955. The van der Waals surface area contributed by atoms with Crippen molar-refractivity contribution < 1.29 is 13.7 Å². The van der Waals surface area contributed by atoms with Crippen LogP contribution < -0.4 is 5.32 Å². The van der Waals surface area contributed by atoms with Crippen LogP contribution in [0.15, 0.2) is 51.5 Å². The van der Waals surface area contributed by atoms with Crippen molar-refractivity contribution in [2.45, 2.75) is 27.2 Å². The maximum absolute atomic E-state index is 13.1. The number of aromatic amines is 1. The number of rotatable bonds is 5. The molecule has 0 radical (unpaired) electrons. The van der Waals surface area contributed by atoms with E-state index in [2.05, 4.69) is 26.5 Å². The molecule has 7 heteroatoms. The number of aryl methyl sites for hydroxylation is 3. The average molecular weight is 414 g/mol. The quantitative estimate of drug-likeness (QED) is 0.428. The number of furan rings is 1. The lowest BCUT2D eigenvalue weighted by Gasteiger charge is -2.08. The van der Waals surface area contributed by atoms with E-state index >= 15 is 0 Å². The van der Waals surface area contributed by atoms with Gasteiger partial charge in [0.15, 0.2) is 0 Å². The Labute approximate surface area is 178 Å². The second-order valence-corrected chi connectivity index (χ2v) is 7.70. The summed E-state index contributed by atoms with van der Waals surface area (Å²) in [6.45, 7) is 6.07. The Morgan fingerprint density at radius 3 is 2.81 bits per heavy atom. The summed E-state index contributed by atoms with van der Waals surface area (Å²) in [6.07, 6.45) is 2.72. The van der Waals surface area contributed by atoms with Gasteiger partial charge < -0.3 is 19.2 Å². The second kappa shape index (κ2) is 7.43. The van der Waals surface area contributed by atoms with Gasteiger partial charge in [-0.05, 0) is 51.0 Å². The predicted molar refractivity (Wildman–Crippen MR) is 118 cm³/mol. The van der Waals surface area contributed by atoms with Crippen molar-refractivity contribution in [2.24, 2.45) is 0 Å². The van der Waals surface area contributed by atoms with Crippen molar-refractivity contribution in [3.8, 4) is 11.3 Å². The van der Waals surface area contributed by atoms with Crippen LogP contribution in [0.5, 0.6) is 0 Å². The van der Waals surface area contributed by atoms with Gasteiger partial charge in [0.05, 0.1) is 22.3 Å². The maximum Gasteiger partial charge on any atom is 0.259 e. The van der Waals surface area contributed by atoms with Crippen molar-refractivity contribution >= 4 is 27.9 Å². The molecule has 0 unspecified atom stereocenters. The number of nitrogens with zero attached hydrogens (tertiary/aromatic N) is 2. The SMILES string of the molecule is Cc1cc(-c2cc(C(=O)NCCc3c[nH]c4ccccc34)c3c(C)noc3n2)c(C)o1. The zero-order chi connectivity index (χ0) is 21.5. The third-order valence-corrected chi connectivity index (χ3v) is 5.53. The van der Waals surface area contributed by atoms with Crippen LogP contribution in [0, 0.1) is 20.8 Å². The number of carbonyl (C=O) groups is 1. The number of fused-ring (bicyclic) bond motifs is 2. The van der Waals surface area contributed by atoms with Crippen LogP contribution in [0.2, 0.25) is 0 Å². The summed E-state index contributed by atoms with van der Waals surface area (Å²) >= 11 is 0. The van der Waals surface area contributed by atoms with Crippen molar-refractivity contribution in [2.75, 3.05) is 6.54 Å². The number of H-pyrrole nitrogens is 1. The van der Waals surface area contributed by atoms with Gasteiger partial charge in [-0.15, -0.1) is 0 Å². The molecule has 0 saturated carbocycles. The van der Waals surface area contributed by atoms with E-state index in [1.54, 1.807) is 6.07 Å². The fourth-order valence-corrected chi connectivity index (χ4v) is 4.04. The van der Waals surface area contributed by atoms with E-state index in [0.29, 0.717) is 34.6 Å². The van der Waals surface area contributed by atoms with E-state index in [9.17, 15) is 4.79 Å². The number of carbonyl (C=O) groups excluding carboxylic acids is 1. The molecule has 2 N–H and O–H groups in total. The molecule has 0 saturated heterocycles. The van der Waals surface area contributed by atoms with E-state index in [-0.39, 0.29) is 5.91 Å². The molecule has 7 nitrogen and oxygen atoms in total. The highest BCUT2D eigenvalue weighted by Crippen LogP contribution is 2.30.